The maximum atomic E-state index is 12.1. The van der Waals surface area contributed by atoms with E-state index in [0.29, 0.717) is 20.3 Å². The molecule has 22 heavy (non-hydrogen) atoms. The maximum Gasteiger partial charge on any atom is 0.343 e. The molecule has 5 nitrogen and oxygen atoms in total. The second-order valence-corrected chi connectivity index (χ2v) is 5.90. The number of methoxy groups -OCH3 is 1. The van der Waals surface area contributed by atoms with Gasteiger partial charge in [-0.3, -0.25) is 0 Å². The Kier molecular flexibility index (Phi) is 5.20. The van der Waals surface area contributed by atoms with Gasteiger partial charge in [-0.15, -0.1) is 0 Å². The Labute approximate surface area is 143 Å². The molecule has 0 aliphatic rings. The third-order valence-electron chi connectivity index (χ3n) is 2.77. The highest BCUT2D eigenvalue weighted by atomic mass is 79.9. The number of hydrogen-bond acceptors (Lipinski definition) is 4. The van der Waals surface area contributed by atoms with Gasteiger partial charge in [0.1, 0.15) is 11.5 Å². The zero-order valence-electron chi connectivity index (χ0n) is 11.3. The molecule has 0 aliphatic heterocycles. The van der Waals surface area contributed by atoms with Gasteiger partial charge in [0.2, 0.25) is 0 Å². The van der Waals surface area contributed by atoms with Crippen LogP contribution in [0, 0.1) is 0 Å². The van der Waals surface area contributed by atoms with E-state index >= 15 is 0 Å². The van der Waals surface area contributed by atoms with Crippen LogP contribution in [0.5, 0.6) is 11.5 Å². The molecule has 0 saturated carbocycles. The molecular weight excluding hydrogens is 420 g/mol. The van der Waals surface area contributed by atoms with Crippen LogP contribution in [0.2, 0.25) is 0 Å². The SMILES string of the molecule is COc1ccc(C(=O)Oc2ccc(C(=O)O)cc2Br)cc1Br. The van der Waals surface area contributed by atoms with Gasteiger partial charge in [-0.2, -0.15) is 0 Å². The quantitative estimate of drug-likeness (QED) is 0.584. The lowest BCUT2D eigenvalue weighted by Crippen LogP contribution is -2.09. The fourth-order valence-corrected chi connectivity index (χ4v) is 2.67. The highest BCUT2D eigenvalue weighted by Gasteiger charge is 2.14. The molecule has 1 N–H and O–H groups in total. The van der Waals surface area contributed by atoms with Gasteiger partial charge in [0.25, 0.3) is 0 Å². The van der Waals surface area contributed by atoms with Crippen LogP contribution in [0.3, 0.4) is 0 Å². The minimum absolute atomic E-state index is 0.0962. The predicted molar refractivity (Wildman–Crippen MR) is 86.8 cm³/mol. The molecule has 0 saturated heterocycles. The molecular formula is C15H10Br2O5. The van der Waals surface area contributed by atoms with Gasteiger partial charge in [-0.1, -0.05) is 0 Å². The van der Waals surface area contributed by atoms with E-state index in [1.807, 2.05) is 0 Å². The first-order valence-electron chi connectivity index (χ1n) is 6.01. The average Bonchev–Trinajstić information content (AvgIpc) is 2.48. The summed E-state index contributed by atoms with van der Waals surface area (Å²) in [5.74, 6) is -0.782. The third-order valence-corrected chi connectivity index (χ3v) is 4.01. The summed E-state index contributed by atoms with van der Waals surface area (Å²) in [6.07, 6.45) is 0. The Morgan fingerprint density at radius 1 is 0.955 bits per heavy atom. The summed E-state index contributed by atoms with van der Waals surface area (Å²) in [5.41, 5.74) is 0.431. The van der Waals surface area contributed by atoms with Gasteiger partial charge in [0.15, 0.2) is 0 Å². The van der Waals surface area contributed by atoms with Crippen LogP contribution in [0.15, 0.2) is 45.3 Å². The number of carboxylic acids is 1. The molecule has 0 bridgehead atoms. The zero-order chi connectivity index (χ0) is 16.3. The molecule has 0 aliphatic carbocycles. The Morgan fingerprint density at radius 3 is 2.05 bits per heavy atom. The van der Waals surface area contributed by atoms with Crippen molar-refractivity contribution in [3.05, 3.63) is 56.5 Å². The van der Waals surface area contributed by atoms with Crippen LogP contribution in [0.25, 0.3) is 0 Å². The zero-order valence-corrected chi connectivity index (χ0v) is 14.5. The van der Waals surface area contributed by atoms with Gasteiger partial charge in [0, 0.05) is 0 Å². The van der Waals surface area contributed by atoms with Gasteiger partial charge >= 0.3 is 11.9 Å². The van der Waals surface area contributed by atoms with Crippen molar-refractivity contribution < 1.29 is 24.2 Å². The molecule has 0 atom stereocenters. The highest BCUT2D eigenvalue weighted by Crippen LogP contribution is 2.29. The van der Waals surface area contributed by atoms with E-state index in [4.69, 9.17) is 14.6 Å². The molecule has 114 valence electrons. The van der Waals surface area contributed by atoms with E-state index in [2.05, 4.69) is 31.9 Å². The Morgan fingerprint density at radius 2 is 1.50 bits per heavy atom. The third kappa shape index (κ3) is 3.66. The number of carbonyl (C=O) groups is 2. The number of esters is 1. The van der Waals surface area contributed by atoms with Crippen molar-refractivity contribution in [1.29, 1.82) is 0 Å². The number of carboxylic acid groups (broad SMARTS) is 1. The van der Waals surface area contributed by atoms with Crippen molar-refractivity contribution in [2.45, 2.75) is 0 Å². The fraction of sp³-hybridized carbons (Fsp3) is 0.0667. The number of hydrogen-bond donors (Lipinski definition) is 1. The van der Waals surface area contributed by atoms with Crippen LogP contribution >= 0.6 is 31.9 Å². The van der Waals surface area contributed by atoms with Crippen molar-refractivity contribution in [3.63, 3.8) is 0 Å². The first-order valence-corrected chi connectivity index (χ1v) is 7.59. The molecule has 7 heteroatoms. The van der Waals surface area contributed by atoms with Crippen LogP contribution < -0.4 is 9.47 Å². The lowest BCUT2D eigenvalue weighted by molar-refractivity contribution is 0.0696. The first-order chi connectivity index (χ1) is 10.4. The minimum Gasteiger partial charge on any atom is -0.496 e. The van der Waals surface area contributed by atoms with Crippen molar-refractivity contribution in [1.82, 2.24) is 0 Å². The second-order valence-electron chi connectivity index (χ2n) is 4.19. The number of rotatable bonds is 4. The van der Waals surface area contributed by atoms with Gasteiger partial charge in [-0.25, -0.2) is 9.59 Å². The second kappa shape index (κ2) is 6.93. The summed E-state index contributed by atoms with van der Waals surface area (Å²) in [7, 11) is 1.53. The van der Waals surface area contributed by atoms with E-state index in [-0.39, 0.29) is 11.3 Å². The molecule has 2 aromatic carbocycles. The van der Waals surface area contributed by atoms with Crippen molar-refractivity contribution in [2.75, 3.05) is 7.11 Å². The van der Waals surface area contributed by atoms with Crippen LogP contribution in [0.1, 0.15) is 20.7 Å². The van der Waals surface area contributed by atoms with Crippen molar-refractivity contribution >= 4 is 43.8 Å². The number of ether oxygens (including phenoxy) is 2. The van der Waals surface area contributed by atoms with Crippen molar-refractivity contribution in [3.8, 4) is 11.5 Å². The van der Waals surface area contributed by atoms with Gasteiger partial charge in [-0.05, 0) is 68.3 Å². The standard InChI is InChI=1S/C15H10Br2O5/c1-21-12-4-3-9(7-10(12)16)15(20)22-13-5-2-8(14(18)19)6-11(13)17/h2-7H,1H3,(H,18,19). The van der Waals surface area contributed by atoms with Crippen LogP contribution in [-0.2, 0) is 0 Å². The molecule has 0 unspecified atom stereocenters. The van der Waals surface area contributed by atoms with E-state index in [1.54, 1.807) is 18.2 Å². The maximum absolute atomic E-state index is 12.1. The summed E-state index contributed by atoms with van der Waals surface area (Å²) in [5, 5.41) is 8.89. The molecule has 0 spiro atoms. The van der Waals surface area contributed by atoms with E-state index in [1.165, 1.54) is 25.3 Å². The van der Waals surface area contributed by atoms with Crippen LogP contribution in [0.4, 0.5) is 0 Å². The first kappa shape index (κ1) is 16.5. The van der Waals surface area contributed by atoms with E-state index in [0.717, 1.165) is 0 Å². The number of benzene rings is 2. The highest BCUT2D eigenvalue weighted by molar-refractivity contribution is 9.10. The van der Waals surface area contributed by atoms with Crippen molar-refractivity contribution in [2.24, 2.45) is 0 Å². The number of aromatic carboxylic acids is 1. The Hall–Kier alpha value is -1.86. The summed E-state index contributed by atoms with van der Waals surface area (Å²) in [6, 6.07) is 8.95. The summed E-state index contributed by atoms with van der Waals surface area (Å²) in [4.78, 5) is 23.0. The Bertz CT molecular complexity index is 743. The summed E-state index contributed by atoms with van der Waals surface area (Å²) < 4.78 is 11.4. The van der Waals surface area contributed by atoms with E-state index in [9.17, 15) is 9.59 Å². The minimum atomic E-state index is -1.06. The Balaban J connectivity index is 2.22. The molecule has 0 amide bonds. The van der Waals surface area contributed by atoms with E-state index < -0.39 is 11.9 Å². The number of carbonyl (C=O) groups excluding carboxylic acids is 1. The molecule has 2 rings (SSSR count). The monoisotopic (exact) mass is 428 g/mol. The summed E-state index contributed by atoms with van der Waals surface area (Å²) >= 11 is 6.48. The number of halogens is 2. The normalized spacial score (nSPS) is 10.1. The summed E-state index contributed by atoms with van der Waals surface area (Å²) in [6.45, 7) is 0. The van der Waals surface area contributed by atoms with Crippen LogP contribution in [-0.4, -0.2) is 24.2 Å². The topological polar surface area (TPSA) is 72.8 Å². The predicted octanol–water partition coefficient (Wildman–Crippen LogP) is 4.14. The largest absolute Gasteiger partial charge is 0.496 e. The lowest BCUT2D eigenvalue weighted by atomic mass is 10.2. The smallest absolute Gasteiger partial charge is 0.343 e. The molecule has 0 heterocycles. The van der Waals surface area contributed by atoms with Gasteiger partial charge < -0.3 is 14.6 Å². The average molecular weight is 430 g/mol. The van der Waals surface area contributed by atoms with Gasteiger partial charge in [0.05, 0.1) is 27.2 Å². The molecule has 0 aromatic heterocycles. The molecule has 0 fully saturated rings. The molecule has 0 radical (unpaired) electrons. The fourth-order valence-electron chi connectivity index (χ4n) is 1.67. The molecule has 2 aromatic rings. The lowest BCUT2D eigenvalue weighted by Gasteiger charge is -2.08.